The Morgan fingerprint density at radius 3 is 2.53 bits per heavy atom. The number of cyclic esters (lactones) is 1. The van der Waals surface area contributed by atoms with E-state index in [1.807, 2.05) is 11.5 Å². The number of hydrogen-bond acceptors (Lipinski definition) is 4. The van der Waals surface area contributed by atoms with Crippen molar-refractivity contribution in [2.45, 2.75) is 12.5 Å². The maximum atomic E-state index is 11.5. The van der Waals surface area contributed by atoms with Crippen LogP contribution in [0.2, 0.25) is 0 Å². The second-order valence-corrected chi connectivity index (χ2v) is 3.28. The van der Waals surface area contributed by atoms with Gasteiger partial charge in [-0.15, -0.1) is 0 Å². The number of amides is 1. The summed E-state index contributed by atoms with van der Waals surface area (Å²) in [6, 6.07) is 8.75. The molecule has 1 heterocycles. The van der Waals surface area contributed by atoms with Crippen LogP contribution in [0.25, 0.3) is 0 Å². The Hall–Kier alpha value is -2.04. The molecule has 0 aliphatic carbocycles. The molecule has 1 fully saturated rings. The number of benzene rings is 1. The fraction of sp³-hybridized carbons (Fsp3) is 0.200. The van der Waals surface area contributed by atoms with Crippen LogP contribution in [0, 0.1) is 0 Å². The molecule has 1 aliphatic heterocycles. The SMILES string of the molecule is CC1(c2ccccc2)OC(=O)ONC1=O. The van der Waals surface area contributed by atoms with Gasteiger partial charge in [0.1, 0.15) is 0 Å². The minimum Gasteiger partial charge on any atom is -0.411 e. The van der Waals surface area contributed by atoms with Crippen LogP contribution in [0.4, 0.5) is 4.79 Å². The van der Waals surface area contributed by atoms with E-state index in [-0.39, 0.29) is 0 Å². The summed E-state index contributed by atoms with van der Waals surface area (Å²) in [7, 11) is 0. The molecule has 1 saturated heterocycles. The summed E-state index contributed by atoms with van der Waals surface area (Å²) in [6.45, 7) is 1.51. The summed E-state index contributed by atoms with van der Waals surface area (Å²) in [4.78, 5) is 26.7. The molecular weight excluding hydrogens is 198 g/mol. The topological polar surface area (TPSA) is 64.6 Å². The van der Waals surface area contributed by atoms with Crippen LogP contribution in [0.3, 0.4) is 0 Å². The van der Waals surface area contributed by atoms with Crippen LogP contribution in [-0.2, 0) is 20.0 Å². The lowest BCUT2D eigenvalue weighted by atomic mass is 9.95. The van der Waals surface area contributed by atoms with Gasteiger partial charge in [0.15, 0.2) is 0 Å². The van der Waals surface area contributed by atoms with E-state index in [1.165, 1.54) is 6.92 Å². The van der Waals surface area contributed by atoms with Crippen molar-refractivity contribution in [3.05, 3.63) is 35.9 Å². The first-order valence-corrected chi connectivity index (χ1v) is 4.39. The van der Waals surface area contributed by atoms with Gasteiger partial charge < -0.3 is 9.57 Å². The number of ether oxygens (including phenoxy) is 1. The predicted octanol–water partition coefficient (Wildman–Crippen LogP) is 1.10. The van der Waals surface area contributed by atoms with E-state index in [1.54, 1.807) is 24.3 Å². The Labute approximate surface area is 85.9 Å². The second-order valence-electron chi connectivity index (χ2n) is 3.28. The lowest BCUT2D eigenvalue weighted by molar-refractivity contribution is -0.167. The summed E-state index contributed by atoms with van der Waals surface area (Å²) in [5.41, 5.74) is 1.28. The normalized spacial score (nSPS) is 25.1. The average Bonchev–Trinajstić information content (AvgIpc) is 2.25. The van der Waals surface area contributed by atoms with Crippen molar-refractivity contribution in [3.8, 4) is 0 Å². The van der Waals surface area contributed by atoms with Gasteiger partial charge in [-0.1, -0.05) is 30.3 Å². The standard InChI is InChI=1S/C10H9NO4/c1-10(7-5-3-2-4-6-7)8(12)11-15-9(13)14-10/h2-6H,1H3,(H,11,12). The highest BCUT2D eigenvalue weighted by molar-refractivity contribution is 5.89. The van der Waals surface area contributed by atoms with E-state index >= 15 is 0 Å². The maximum absolute atomic E-state index is 11.5. The molecule has 2 rings (SSSR count). The van der Waals surface area contributed by atoms with E-state index in [0.717, 1.165) is 0 Å². The molecular formula is C10H9NO4. The quantitative estimate of drug-likeness (QED) is 0.700. The van der Waals surface area contributed by atoms with Gasteiger partial charge in [0.05, 0.1) is 0 Å². The highest BCUT2D eigenvalue weighted by Crippen LogP contribution is 2.28. The summed E-state index contributed by atoms with van der Waals surface area (Å²) in [5.74, 6) is -0.506. The molecule has 0 bridgehead atoms. The first-order chi connectivity index (χ1) is 7.13. The molecule has 0 saturated carbocycles. The summed E-state index contributed by atoms with van der Waals surface area (Å²) >= 11 is 0. The zero-order valence-electron chi connectivity index (χ0n) is 8.02. The van der Waals surface area contributed by atoms with Gasteiger partial charge in [0.25, 0.3) is 0 Å². The van der Waals surface area contributed by atoms with Gasteiger partial charge in [-0.2, -0.15) is 5.48 Å². The molecule has 1 amide bonds. The third-order valence-corrected chi connectivity index (χ3v) is 2.27. The third kappa shape index (κ3) is 1.52. The molecule has 5 heteroatoms. The Morgan fingerprint density at radius 2 is 1.87 bits per heavy atom. The fourth-order valence-electron chi connectivity index (χ4n) is 1.37. The average molecular weight is 207 g/mol. The lowest BCUT2D eigenvalue weighted by Crippen LogP contribution is -2.51. The summed E-state index contributed by atoms with van der Waals surface area (Å²) in [5, 5.41) is 0. The van der Waals surface area contributed by atoms with Crippen molar-refractivity contribution in [1.82, 2.24) is 5.48 Å². The number of hydroxylamine groups is 1. The van der Waals surface area contributed by atoms with Gasteiger partial charge in [-0.3, -0.25) is 4.79 Å². The Balaban J connectivity index is 2.40. The van der Waals surface area contributed by atoms with E-state index in [4.69, 9.17) is 4.74 Å². The number of nitrogens with one attached hydrogen (secondary N) is 1. The monoisotopic (exact) mass is 207 g/mol. The molecule has 0 spiro atoms. The van der Waals surface area contributed by atoms with Gasteiger partial charge in [-0.05, 0) is 6.92 Å². The van der Waals surface area contributed by atoms with Gasteiger partial charge in [-0.25, -0.2) is 4.79 Å². The molecule has 0 aromatic heterocycles. The molecule has 0 radical (unpaired) electrons. The van der Waals surface area contributed by atoms with Crippen molar-refractivity contribution in [2.24, 2.45) is 0 Å². The summed E-state index contributed by atoms with van der Waals surface area (Å²) < 4.78 is 4.90. The number of rotatable bonds is 1. The molecule has 1 unspecified atom stereocenters. The van der Waals surface area contributed by atoms with Crippen molar-refractivity contribution in [3.63, 3.8) is 0 Å². The van der Waals surface area contributed by atoms with Crippen molar-refractivity contribution < 1.29 is 19.2 Å². The van der Waals surface area contributed by atoms with E-state index < -0.39 is 17.7 Å². The van der Waals surface area contributed by atoms with Crippen LogP contribution in [0.15, 0.2) is 30.3 Å². The number of hydrogen-bond donors (Lipinski definition) is 1. The zero-order valence-corrected chi connectivity index (χ0v) is 8.02. The molecule has 1 aromatic carbocycles. The van der Waals surface area contributed by atoms with Crippen molar-refractivity contribution in [2.75, 3.05) is 0 Å². The Kier molecular flexibility index (Phi) is 2.07. The summed E-state index contributed by atoms with van der Waals surface area (Å²) in [6.07, 6.45) is -0.916. The largest absolute Gasteiger partial charge is 0.534 e. The Morgan fingerprint density at radius 1 is 1.20 bits per heavy atom. The van der Waals surface area contributed by atoms with Crippen LogP contribution in [-0.4, -0.2) is 12.1 Å². The first kappa shape index (κ1) is 9.51. The van der Waals surface area contributed by atoms with Crippen molar-refractivity contribution >= 4 is 12.1 Å². The van der Waals surface area contributed by atoms with Crippen LogP contribution in [0.1, 0.15) is 12.5 Å². The molecule has 1 N–H and O–H groups in total. The zero-order chi connectivity index (χ0) is 10.9. The molecule has 1 aliphatic rings. The van der Waals surface area contributed by atoms with Crippen LogP contribution < -0.4 is 5.48 Å². The number of carbonyl (C=O) groups is 2. The first-order valence-electron chi connectivity index (χ1n) is 4.39. The van der Waals surface area contributed by atoms with E-state index in [2.05, 4.69) is 4.84 Å². The fourth-order valence-corrected chi connectivity index (χ4v) is 1.37. The molecule has 78 valence electrons. The van der Waals surface area contributed by atoms with E-state index in [0.29, 0.717) is 5.56 Å². The molecule has 1 aromatic rings. The highest BCUT2D eigenvalue weighted by atomic mass is 16.8. The highest BCUT2D eigenvalue weighted by Gasteiger charge is 2.44. The molecule has 15 heavy (non-hydrogen) atoms. The maximum Gasteiger partial charge on any atom is 0.534 e. The van der Waals surface area contributed by atoms with Gasteiger partial charge in [0, 0.05) is 5.56 Å². The van der Waals surface area contributed by atoms with Crippen LogP contribution in [0.5, 0.6) is 0 Å². The lowest BCUT2D eigenvalue weighted by Gasteiger charge is -2.31. The minimum atomic E-state index is -1.32. The molecule has 1 atom stereocenters. The van der Waals surface area contributed by atoms with E-state index in [9.17, 15) is 9.59 Å². The van der Waals surface area contributed by atoms with Gasteiger partial charge >= 0.3 is 12.1 Å². The predicted molar refractivity (Wildman–Crippen MR) is 49.5 cm³/mol. The third-order valence-electron chi connectivity index (χ3n) is 2.27. The van der Waals surface area contributed by atoms with Crippen molar-refractivity contribution in [1.29, 1.82) is 0 Å². The second kappa shape index (κ2) is 3.27. The number of carbonyl (C=O) groups excluding carboxylic acids is 2. The molecule has 5 nitrogen and oxygen atoms in total. The Bertz CT molecular complexity index is 403. The minimum absolute atomic E-state index is 0.506. The smallest absolute Gasteiger partial charge is 0.411 e. The van der Waals surface area contributed by atoms with Crippen LogP contribution >= 0.6 is 0 Å². The van der Waals surface area contributed by atoms with Gasteiger partial charge in [0.2, 0.25) is 5.60 Å².